The van der Waals surface area contributed by atoms with Gasteiger partial charge in [0.25, 0.3) is 0 Å². The van der Waals surface area contributed by atoms with Crippen LogP contribution in [0, 0.1) is 0 Å². The Balaban J connectivity index is 1.42. The fourth-order valence-electron chi connectivity index (χ4n) is 3.28. The minimum atomic E-state index is 0.566. The zero-order valence-corrected chi connectivity index (χ0v) is 13.8. The van der Waals surface area contributed by atoms with Gasteiger partial charge in [-0.05, 0) is 63.0 Å². The van der Waals surface area contributed by atoms with Gasteiger partial charge in [0.2, 0.25) is 0 Å². The van der Waals surface area contributed by atoms with Crippen LogP contribution in [0.25, 0.3) is 0 Å². The number of benzene rings is 1. The molecular formula is C17H23ClN4. The summed E-state index contributed by atoms with van der Waals surface area (Å²) in [6.07, 6.45) is 6.46. The van der Waals surface area contributed by atoms with E-state index in [0.717, 1.165) is 36.9 Å². The third-order valence-electron chi connectivity index (χ3n) is 4.53. The van der Waals surface area contributed by atoms with E-state index in [2.05, 4.69) is 31.8 Å². The van der Waals surface area contributed by atoms with Crippen molar-refractivity contribution >= 4 is 11.6 Å². The third kappa shape index (κ3) is 3.87. The highest BCUT2D eigenvalue weighted by Crippen LogP contribution is 2.26. The molecule has 1 fully saturated rings. The van der Waals surface area contributed by atoms with Crippen LogP contribution in [0.1, 0.15) is 36.6 Å². The normalized spacial score (nSPS) is 17.0. The Hall–Kier alpha value is -1.39. The summed E-state index contributed by atoms with van der Waals surface area (Å²) >= 11 is 6.03. The minimum Gasteiger partial charge on any atom is -0.320 e. The van der Waals surface area contributed by atoms with Gasteiger partial charge in [-0.25, -0.2) is 0 Å². The molecule has 118 valence electrons. The van der Waals surface area contributed by atoms with Crippen molar-refractivity contribution in [2.75, 3.05) is 19.6 Å². The summed E-state index contributed by atoms with van der Waals surface area (Å²) < 4.78 is 2.06. The summed E-state index contributed by atoms with van der Waals surface area (Å²) in [5.41, 5.74) is 1.33. The van der Waals surface area contributed by atoms with Crippen LogP contribution < -0.4 is 0 Å². The number of nitrogens with zero attached hydrogens (tertiary/aromatic N) is 4. The number of rotatable bonds is 5. The van der Waals surface area contributed by atoms with E-state index in [1.165, 1.54) is 24.8 Å². The predicted molar refractivity (Wildman–Crippen MR) is 89.2 cm³/mol. The molecule has 0 radical (unpaired) electrons. The molecule has 3 rings (SSSR count). The Morgan fingerprint density at radius 1 is 1.27 bits per heavy atom. The van der Waals surface area contributed by atoms with E-state index in [-0.39, 0.29) is 0 Å². The standard InChI is InChI=1S/C17H23ClN4/c1-21-13-19-20-17(21)15-7-10-22(11-8-15)9-3-5-14-4-2-6-16(18)12-14/h2,4,6,12-13,15H,3,5,7-11H2,1H3. The van der Waals surface area contributed by atoms with Crippen molar-refractivity contribution in [2.45, 2.75) is 31.6 Å². The quantitative estimate of drug-likeness (QED) is 0.848. The molecule has 1 aromatic heterocycles. The van der Waals surface area contributed by atoms with Crippen molar-refractivity contribution in [3.8, 4) is 0 Å². The predicted octanol–water partition coefficient (Wildman–Crippen LogP) is 3.28. The molecule has 0 bridgehead atoms. The highest BCUT2D eigenvalue weighted by molar-refractivity contribution is 6.30. The lowest BCUT2D eigenvalue weighted by Crippen LogP contribution is -2.34. The molecule has 0 unspecified atom stereocenters. The average molecular weight is 319 g/mol. The fourth-order valence-corrected chi connectivity index (χ4v) is 3.49. The minimum absolute atomic E-state index is 0.566. The molecule has 0 spiro atoms. The maximum atomic E-state index is 6.03. The van der Waals surface area contributed by atoms with Gasteiger partial charge in [-0.3, -0.25) is 0 Å². The Morgan fingerprint density at radius 3 is 2.77 bits per heavy atom. The van der Waals surface area contributed by atoms with Gasteiger partial charge in [-0.1, -0.05) is 23.7 Å². The van der Waals surface area contributed by atoms with Crippen molar-refractivity contribution in [1.29, 1.82) is 0 Å². The number of hydrogen-bond acceptors (Lipinski definition) is 3. The SMILES string of the molecule is Cn1cnnc1C1CCN(CCCc2cccc(Cl)c2)CC1. The Morgan fingerprint density at radius 2 is 2.09 bits per heavy atom. The van der Waals surface area contributed by atoms with Crippen LogP contribution in [0.5, 0.6) is 0 Å². The molecule has 1 aliphatic heterocycles. The Labute approximate surface area is 137 Å². The molecule has 1 aromatic carbocycles. The molecule has 0 atom stereocenters. The molecule has 22 heavy (non-hydrogen) atoms. The zero-order chi connectivity index (χ0) is 15.4. The topological polar surface area (TPSA) is 34.0 Å². The van der Waals surface area contributed by atoms with Crippen LogP contribution in [-0.4, -0.2) is 39.3 Å². The van der Waals surface area contributed by atoms with Crippen molar-refractivity contribution in [2.24, 2.45) is 7.05 Å². The molecule has 2 aromatic rings. The molecule has 1 saturated heterocycles. The van der Waals surface area contributed by atoms with Gasteiger partial charge in [0.1, 0.15) is 12.2 Å². The van der Waals surface area contributed by atoms with Crippen molar-refractivity contribution in [3.63, 3.8) is 0 Å². The third-order valence-corrected chi connectivity index (χ3v) is 4.76. The number of likely N-dealkylation sites (tertiary alicyclic amines) is 1. The molecule has 1 aliphatic rings. The Bertz CT molecular complexity index is 602. The van der Waals surface area contributed by atoms with Gasteiger partial charge in [0.15, 0.2) is 0 Å². The smallest absolute Gasteiger partial charge is 0.135 e. The zero-order valence-electron chi connectivity index (χ0n) is 13.1. The van der Waals surface area contributed by atoms with Crippen LogP contribution in [0.2, 0.25) is 5.02 Å². The van der Waals surface area contributed by atoms with E-state index in [4.69, 9.17) is 11.6 Å². The van der Waals surface area contributed by atoms with Crippen LogP contribution >= 0.6 is 11.6 Å². The van der Waals surface area contributed by atoms with Crippen LogP contribution in [0.15, 0.2) is 30.6 Å². The van der Waals surface area contributed by atoms with Crippen molar-refractivity contribution in [3.05, 3.63) is 47.0 Å². The molecule has 0 amide bonds. The second-order valence-corrected chi connectivity index (χ2v) is 6.59. The molecule has 0 N–H and O–H groups in total. The lowest BCUT2D eigenvalue weighted by atomic mass is 9.95. The van der Waals surface area contributed by atoms with E-state index in [0.29, 0.717) is 5.92 Å². The van der Waals surface area contributed by atoms with E-state index < -0.39 is 0 Å². The van der Waals surface area contributed by atoms with Gasteiger partial charge < -0.3 is 9.47 Å². The van der Waals surface area contributed by atoms with E-state index >= 15 is 0 Å². The van der Waals surface area contributed by atoms with Crippen LogP contribution in [-0.2, 0) is 13.5 Å². The molecule has 4 nitrogen and oxygen atoms in total. The molecule has 0 saturated carbocycles. The number of piperidine rings is 1. The first-order chi connectivity index (χ1) is 10.7. The molecule has 2 heterocycles. The maximum absolute atomic E-state index is 6.03. The monoisotopic (exact) mass is 318 g/mol. The lowest BCUT2D eigenvalue weighted by Gasteiger charge is -2.31. The van der Waals surface area contributed by atoms with E-state index in [1.54, 1.807) is 6.33 Å². The first kappa shape index (κ1) is 15.5. The van der Waals surface area contributed by atoms with Crippen LogP contribution in [0.3, 0.4) is 0 Å². The summed E-state index contributed by atoms with van der Waals surface area (Å²) in [4.78, 5) is 2.57. The van der Waals surface area contributed by atoms with Crippen molar-refractivity contribution < 1.29 is 0 Å². The highest BCUT2D eigenvalue weighted by Gasteiger charge is 2.23. The van der Waals surface area contributed by atoms with Gasteiger partial charge in [0.05, 0.1) is 0 Å². The first-order valence-electron chi connectivity index (χ1n) is 8.03. The average Bonchev–Trinajstić information content (AvgIpc) is 2.94. The largest absolute Gasteiger partial charge is 0.320 e. The second kappa shape index (κ2) is 7.25. The summed E-state index contributed by atoms with van der Waals surface area (Å²) in [7, 11) is 2.03. The molecular weight excluding hydrogens is 296 g/mol. The van der Waals surface area contributed by atoms with Crippen molar-refractivity contribution in [1.82, 2.24) is 19.7 Å². The summed E-state index contributed by atoms with van der Waals surface area (Å²) in [5.74, 6) is 1.70. The van der Waals surface area contributed by atoms with E-state index in [9.17, 15) is 0 Å². The van der Waals surface area contributed by atoms with Gasteiger partial charge in [-0.2, -0.15) is 0 Å². The van der Waals surface area contributed by atoms with E-state index in [1.807, 2.05) is 19.2 Å². The van der Waals surface area contributed by atoms with Gasteiger partial charge in [-0.15, -0.1) is 10.2 Å². The second-order valence-electron chi connectivity index (χ2n) is 6.15. The number of halogens is 1. The first-order valence-corrected chi connectivity index (χ1v) is 8.41. The molecule has 0 aliphatic carbocycles. The lowest BCUT2D eigenvalue weighted by molar-refractivity contribution is 0.206. The highest BCUT2D eigenvalue weighted by atomic mass is 35.5. The van der Waals surface area contributed by atoms with Gasteiger partial charge in [0, 0.05) is 18.0 Å². The number of hydrogen-bond donors (Lipinski definition) is 0. The number of aromatic nitrogens is 3. The maximum Gasteiger partial charge on any atom is 0.135 e. The fraction of sp³-hybridized carbons (Fsp3) is 0.529. The Kier molecular flexibility index (Phi) is 5.11. The van der Waals surface area contributed by atoms with Crippen LogP contribution in [0.4, 0.5) is 0 Å². The molecule has 5 heteroatoms. The number of aryl methyl sites for hydroxylation is 2. The summed E-state index contributed by atoms with van der Waals surface area (Å²) in [6.45, 7) is 3.48. The summed E-state index contributed by atoms with van der Waals surface area (Å²) in [5, 5.41) is 9.09. The van der Waals surface area contributed by atoms with Gasteiger partial charge >= 0.3 is 0 Å². The summed E-state index contributed by atoms with van der Waals surface area (Å²) in [6, 6.07) is 8.19.